The molecule has 2 aliphatic rings. The topological polar surface area (TPSA) is 154 Å². The molecule has 2 aliphatic carbocycles. The highest BCUT2D eigenvalue weighted by Gasteiger charge is 2.38. The van der Waals surface area contributed by atoms with Crippen LogP contribution in [0.2, 0.25) is 5.02 Å². The van der Waals surface area contributed by atoms with Crippen molar-refractivity contribution in [2.45, 2.75) is 62.8 Å². The van der Waals surface area contributed by atoms with Gasteiger partial charge in [0.05, 0.1) is 13.7 Å². The maximum atomic E-state index is 12.6. The number of carbonyl (C=O) groups is 2. The summed E-state index contributed by atoms with van der Waals surface area (Å²) in [5.74, 6) is 0.979. The zero-order chi connectivity index (χ0) is 38.8. The molecule has 0 heterocycles. The van der Waals surface area contributed by atoms with Crippen molar-refractivity contribution in [1.29, 1.82) is 0 Å². The SMILES string of the molecule is CCOc1ccccc1OCCN[C@H](C)Cc1ccc(OC)c(S(N)(=O)=O)c1.O=C1C(=O)c2ccccc2C(O)=C1C1CCC(c2ccc(Cl)cc2)CC1. The Hall–Kier alpha value is -4.68. The van der Waals surface area contributed by atoms with Crippen LogP contribution in [0.25, 0.3) is 5.76 Å². The maximum Gasteiger partial charge on any atom is 0.241 e. The van der Waals surface area contributed by atoms with E-state index in [2.05, 4.69) is 17.4 Å². The Labute approximate surface area is 322 Å². The molecule has 1 saturated carbocycles. The molecule has 0 unspecified atom stereocenters. The van der Waals surface area contributed by atoms with E-state index in [4.69, 9.17) is 31.0 Å². The van der Waals surface area contributed by atoms with Gasteiger partial charge >= 0.3 is 0 Å². The van der Waals surface area contributed by atoms with Gasteiger partial charge in [0.25, 0.3) is 0 Å². The molecule has 286 valence electrons. The lowest BCUT2D eigenvalue weighted by Gasteiger charge is -2.31. The van der Waals surface area contributed by atoms with Crippen LogP contribution in [0.3, 0.4) is 0 Å². The second kappa shape index (κ2) is 18.6. The lowest BCUT2D eigenvalue weighted by molar-refractivity contribution is -0.112. The largest absolute Gasteiger partial charge is 0.507 e. The molecule has 0 bridgehead atoms. The van der Waals surface area contributed by atoms with Gasteiger partial charge in [0, 0.05) is 34.3 Å². The number of hydrogen-bond donors (Lipinski definition) is 3. The summed E-state index contributed by atoms with van der Waals surface area (Å²) in [6.07, 6.45) is 4.06. The molecular formula is C42H47ClN2O8S. The quantitative estimate of drug-likeness (QED) is 0.0917. The molecule has 10 nitrogen and oxygen atoms in total. The van der Waals surface area contributed by atoms with Gasteiger partial charge in [0.2, 0.25) is 21.6 Å². The van der Waals surface area contributed by atoms with Gasteiger partial charge in [-0.1, -0.05) is 66.2 Å². The number of methoxy groups -OCH3 is 1. The average Bonchev–Trinajstić information content (AvgIpc) is 3.17. The summed E-state index contributed by atoms with van der Waals surface area (Å²) < 4.78 is 39.9. The van der Waals surface area contributed by atoms with Crippen molar-refractivity contribution >= 4 is 38.9 Å². The summed E-state index contributed by atoms with van der Waals surface area (Å²) in [6, 6.07) is 27.4. The van der Waals surface area contributed by atoms with E-state index < -0.39 is 21.6 Å². The Bertz CT molecular complexity index is 2080. The van der Waals surface area contributed by atoms with Crippen molar-refractivity contribution in [1.82, 2.24) is 5.32 Å². The van der Waals surface area contributed by atoms with Crippen molar-refractivity contribution in [3.8, 4) is 17.2 Å². The van der Waals surface area contributed by atoms with Crippen LogP contribution in [-0.2, 0) is 21.2 Å². The van der Waals surface area contributed by atoms with E-state index >= 15 is 0 Å². The van der Waals surface area contributed by atoms with Crippen molar-refractivity contribution in [3.63, 3.8) is 0 Å². The summed E-state index contributed by atoms with van der Waals surface area (Å²) in [5.41, 5.74) is 3.19. The van der Waals surface area contributed by atoms with Crippen LogP contribution in [0.4, 0.5) is 0 Å². The normalized spacial score (nSPS) is 17.6. The van der Waals surface area contributed by atoms with Gasteiger partial charge in [-0.05, 0) is 105 Å². The molecular weight excluding hydrogens is 728 g/mol. The Morgan fingerprint density at radius 3 is 2.07 bits per heavy atom. The number of nitrogens with two attached hydrogens (primary N) is 1. The molecule has 1 fully saturated rings. The number of rotatable bonds is 13. The van der Waals surface area contributed by atoms with Gasteiger partial charge in [0.15, 0.2) is 11.5 Å². The van der Waals surface area contributed by atoms with Gasteiger partial charge in [-0.25, -0.2) is 13.6 Å². The van der Waals surface area contributed by atoms with Crippen LogP contribution >= 0.6 is 11.6 Å². The third kappa shape index (κ3) is 10.1. The van der Waals surface area contributed by atoms with E-state index in [0.29, 0.717) is 54.5 Å². The molecule has 0 radical (unpaired) electrons. The van der Waals surface area contributed by atoms with Gasteiger partial charge < -0.3 is 24.6 Å². The predicted octanol–water partition coefficient (Wildman–Crippen LogP) is 7.69. The van der Waals surface area contributed by atoms with Crippen LogP contribution in [0.1, 0.15) is 72.5 Å². The number of Topliss-reactive ketones (excluding diaryl/α,β-unsaturated/α-hetero) is 2. The molecule has 0 aromatic heterocycles. The highest BCUT2D eigenvalue weighted by Crippen LogP contribution is 2.42. The van der Waals surface area contributed by atoms with Gasteiger partial charge in [0.1, 0.15) is 23.0 Å². The number of nitrogens with one attached hydrogen (secondary N) is 1. The van der Waals surface area contributed by atoms with Crippen LogP contribution in [-0.4, -0.2) is 58.0 Å². The summed E-state index contributed by atoms with van der Waals surface area (Å²) in [5, 5.41) is 20.0. The number of primary sulfonamides is 1. The van der Waals surface area contributed by atoms with Crippen LogP contribution in [0, 0.1) is 5.92 Å². The number of hydrogen-bond acceptors (Lipinski definition) is 9. The van der Waals surface area contributed by atoms with Gasteiger partial charge in [-0.2, -0.15) is 0 Å². The molecule has 4 aromatic rings. The standard InChI is InChI=1S/C22H19ClO3.C20H28N2O5S/c23-16-11-9-14(10-12-16)13-5-7-15(8-6-13)19-20(24)17-3-1-2-4-18(17)21(25)22(19)26;1-4-26-17-7-5-6-8-18(17)27-12-11-22-15(2)13-16-9-10-19(25-3)20(14-16)28(21,23)24/h1-4,9-13,15,24H,5-8H2;5-10,14-15,22H,4,11-13H2,1-3H3,(H2,21,23,24)/t;15-/m.1/s1. The molecule has 0 aliphatic heterocycles. The number of para-hydroxylation sites is 2. The van der Waals surface area contributed by atoms with E-state index in [0.717, 1.165) is 42.0 Å². The monoisotopic (exact) mass is 774 g/mol. The summed E-state index contributed by atoms with van der Waals surface area (Å²) in [7, 11) is -2.43. The first kappa shape index (κ1) is 40.5. The number of ether oxygens (including phenoxy) is 3. The Kier molecular flexibility index (Phi) is 13.9. The number of sulfonamides is 1. The summed E-state index contributed by atoms with van der Waals surface area (Å²) >= 11 is 5.96. The fraction of sp³-hybridized carbons (Fsp3) is 0.333. The van der Waals surface area contributed by atoms with Crippen LogP contribution < -0.4 is 24.7 Å². The van der Waals surface area contributed by atoms with E-state index in [-0.39, 0.29) is 28.4 Å². The molecule has 0 spiro atoms. The molecule has 4 N–H and O–H groups in total. The lowest BCUT2D eigenvalue weighted by Crippen LogP contribution is -2.32. The minimum absolute atomic E-state index is 0.00411. The van der Waals surface area contributed by atoms with E-state index in [9.17, 15) is 23.1 Å². The molecule has 54 heavy (non-hydrogen) atoms. The Morgan fingerprint density at radius 2 is 1.44 bits per heavy atom. The van der Waals surface area contributed by atoms with Crippen molar-refractivity contribution in [2.24, 2.45) is 11.1 Å². The second-order valence-corrected chi connectivity index (χ2v) is 15.4. The number of allylic oxidation sites excluding steroid dienone is 1. The summed E-state index contributed by atoms with van der Waals surface area (Å²) in [6.45, 7) is 5.66. The fourth-order valence-electron chi connectivity index (χ4n) is 7.02. The number of halogens is 1. The van der Waals surface area contributed by atoms with Gasteiger partial charge in [-0.3, -0.25) is 9.59 Å². The lowest BCUT2D eigenvalue weighted by atomic mass is 9.72. The number of aliphatic hydroxyl groups is 1. The molecule has 12 heteroatoms. The highest BCUT2D eigenvalue weighted by molar-refractivity contribution is 7.89. The van der Waals surface area contributed by atoms with Crippen LogP contribution in [0.5, 0.6) is 17.2 Å². The number of fused-ring (bicyclic) bond motifs is 1. The van der Waals surface area contributed by atoms with Gasteiger partial charge in [-0.15, -0.1) is 0 Å². The smallest absolute Gasteiger partial charge is 0.241 e. The first-order valence-corrected chi connectivity index (χ1v) is 20.0. The van der Waals surface area contributed by atoms with E-state index in [1.807, 2.05) is 56.3 Å². The van der Waals surface area contributed by atoms with Crippen molar-refractivity contribution < 1.29 is 37.3 Å². The molecule has 0 amide bonds. The zero-order valence-electron chi connectivity index (χ0n) is 30.7. The van der Waals surface area contributed by atoms with E-state index in [1.165, 1.54) is 12.7 Å². The van der Waals surface area contributed by atoms with Crippen LogP contribution in [0.15, 0.2) is 101 Å². The van der Waals surface area contributed by atoms with E-state index in [1.54, 1.807) is 36.4 Å². The predicted molar refractivity (Wildman–Crippen MR) is 210 cm³/mol. The highest BCUT2D eigenvalue weighted by atomic mass is 35.5. The number of benzene rings is 4. The maximum absolute atomic E-state index is 12.6. The number of aliphatic hydroxyl groups excluding tert-OH is 1. The minimum atomic E-state index is -3.84. The molecule has 4 aromatic carbocycles. The molecule has 0 saturated heterocycles. The third-order valence-corrected chi connectivity index (χ3v) is 10.9. The summed E-state index contributed by atoms with van der Waals surface area (Å²) in [4.78, 5) is 25.0. The third-order valence-electron chi connectivity index (χ3n) is 9.69. The second-order valence-electron chi connectivity index (χ2n) is 13.4. The molecule has 6 rings (SSSR count). The Morgan fingerprint density at radius 1 is 0.833 bits per heavy atom. The Balaban J connectivity index is 0.000000208. The number of ketones is 2. The zero-order valence-corrected chi connectivity index (χ0v) is 32.3. The fourth-order valence-corrected chi connectivity index (χ4v) is 7.89. The minimum Gasteiger partial charge on any atom is -0.507 e. The molecule has 1 atom stereocenters. The number of carbonyl (C=O) groups excluding carboxylic acids is 2. The first-order valence-electron chi connectivity index (χ1n) is 18.1. The van der Waals surface area contributed by atoms with Crippen molar-refractivity contribution in [2.75, 3.05) is 26.9 Å². The van der Waals surface area contributed by atoms with Crippen molar-refractivity contribution in [3.05, 3.63) is 124 Å². The average molecular weight is 775 g/mol. The first-order chi connectivity index (χ1) is 25.9.